The molecular weight excluding hydrogens is 445 g/mol. The standard InChI is InChI=1S/C25H20FNO5S/c1-30-20-6-4-3-5-19(20)27-24(28)23(33-25(27)29)14-17-9-12-21(22(13-17)31-2)32-15-16-7-10-18(26)11-8-16/h3-14H,15H2,1-2H3. The highest BCUT2D eigenvalue weighted by atomic mass is 32.2. The van der Waals surface area contributed by atoms with Crippen LogP contribution in [0.1, 0.15) is 11.1 Å². The number of halogens is 1. The minimum Gasteiger partial charge on any atom is -0.495 e. The van der Waals surface area contributed by atoms with Crippen molar-refractivity contribution >= 4 is 34.7 Å². The van der Waals surface area contributed by atoms with Gasteiger partial charge in [-0.05, 0) is 65.4 Å². The van der Waals surface area contributed by atoms with Crippen LogP contribution in [0.4, 0.5) is 14.9 Å². The molecule has 0 saturated carbocycles. The zero-order valence-electron chi connectivity index (χ0n) is 17.9. The monoisotopic (exact) mass is 465 g/mol. The molecule has 1 aliphatic rings. The van der Waals surface area contributed by atoms with Gasteiger partial charge in [0.1, 0.15) is 18.2 Å². The van der Waals surface area contributed by atoms with Gasteiger partial charge < -0.3 is 14.2 Å². The third-order valence-electron chi connectivity index (χ3n) is 4.91. The molecule has 3 aromatic rings. The van der Waals surface area contributed by atoms with Gasteiger partial charge in [0.05, 0.1) is 24.8 Å². The third kappa shape index (κ3) is 4.85. The van der Waals surface area contributed by atoms with E-state index < -0.39 is 11.1 Å². The minimum absolute atomic E-state index is 0.244. The minimum atomic E-state index is -0.426. The largest absolute Gasteiger partial charge is 0.495 e. The number of hydrogen-bond acceptors (Lipinski definition) is 6. The molecule has 0 bridgehead atoms. The lowest BCUT2D eigenvalue weighted by atomic mass is 10.1. The Morgan fingerprint density at radius 2 is 1.64 bits per heavy atom. The van der Waals surface area contributed by atoms with Gasteiger partial charge in [0.2, 0.25) is 0 Å². The normalized spacial score (nSPS) is 14.6. The first kappa shape index (κ1) is 22.4. The van der Waals surface area contributed by atoms with Crippen molar-refractivity contribution < 1.29 is 28.2 Å². The van der Waals surface area contributed by atoms with Gasteiger partial charge >= 0.3 is 0 Å². The number of carbonyl (C=O) groups is 2. The Hall–Kier alpha value is -3.78. The van der Waals surface area contributed by atoms with Crippen molar-refractivity contribution in [2.24, 2.45) is 0 Å². The molecule has 0 spiro atoms. The maximum atomic E-state index is 13.1. The Labute approximate surface area is 194 Å². The number of thioether (sulfide) groups is 1. The van der Waals surface area contributed by atoms with Crippen molar-refractivity contribution in [3.05, 3.63) is 88.6 Å². The van der Waals surface area contributed by atoms with E-state index in [9.17, 15) is 14.0 Å². The van der Waals surface area contributed by atoms with E-state index in [0.29, 0.717) is 28.5 Å². The Morgan fingerprint density at radius 3 is 2.36 bits per heavy atom. The number of ether oxygens (including phenoxy) is 3. The number of benzene rings is 3. The molecule has 1 heterocycles. The van der Waals surface area contributed by atoms with E-state index in [0.717, 1.165) is 22.2 Å². The predicted molar refractivity (Wildman–Crippen MR) is 125 cm³/mol. The first-order valence-corrected chi connectivity index (χ1v) is 10.8. The fourth-order valence-electron chi connectivity index (χ4n) is 3.28. The zero-order valence-corrected chi connectivity index (χ0v) is 18.7. The van der Waals surface area contributed by atoms with E-state index in [2.05, 4.69) is 0 Å². The van der Waals surface area contributed by atoms with Crippen LogP contribution in [-0.2, 0) is 11.4 Å². The number of amides is 2. The van der Waals surface area contributed by atoms with Crippen LogP contribution >= 0.6 is 11.8 Å². The van der Waals surface area contributed by atoms with Crippen LogP contribution in [0.3, 0.4) is 0 Å². The molecule has 0 aliphatic carbocycles. The molecular formula is C25H20FNO5S. The topological polar surface area (TPSA) is 65.1 Å². The first-order chi connectivity index (χ1) is 16.0. The Morgan fingerprint density at radius 1 is 0.909 bits per heavy atom. The number of para-hydroxylation sites is 2. The maximum Gasteiger partial charge on any atom is 0.298 e. The maximum absolute atomic E-state index is 13.1. The number of methoxy groups -OCH3 is 2. The van der Waals surface area contributed by atoms with E-state index in [1.807, 2.05) is 0 Å². The molecule has 0 unspecified atom stereocenters. The zero-order chi connectivity index (χ0) is 23.4. The summed E-state index contributed by atoms with van der Waals surface area (Å²) in [7, 11) is 3.00. The van der Waals surface area contributed by atoms with Crippen molar-refractivity contribution in [2.75, 3.05) is 19.1 Å². The quantitative estimate of drug-likeness (QED) is 0.420. The summed E-state index contributed by atoms with van der Waals surface area (Å²) >= 11 is 0.857. The lowest BCUT2D eigenvalue weighted by Gasteiger charge is -2.15. The van der Waals surface area contributed by atoms with Crippen LogP contribution in [0.5, 0.6) is 17.2 Å². The molecule has 0 aromatic heterocycles. The first-order valence-electron chi connectivity index (χ1n) is 9.96. The lowest BCUT2D eigenvalue weighted by molar-refractivity contribution is -0.113. The number of imide groups is 1. The third-order valence-corrected chi connectivity index (χ3v) is 5.78. The molecule has 8 heteroatoms. The van der Waals surface area contributed by atoms with Crippen molar-refractivity contribution in [3.63, 3.8) is 0 Å². The lowest BCUT2D eigenvalue weighted by Crippen LogP contribution is -2.28. The van der Waals surface area contributed by atoms with Crippen LogP contribution < -0.4 is 19.1 Å². The average molecular weight is 466 g/mol. The van der Waals surface area contributed by atoms with Gasteiger partial charge in [0, 0.05) is 0 Å². The number of rotatable bonds is 7. The second-order valence-corrected chi connectivity index (χ2v) is 8.01. The van der Waals surface area contributed by atoms with Gasteiger partial charge in [0.25, 0.3) is 11.1 Å². The predicted octanol–water partition coefficient (Wildman–Crippen LogP) is 5.66. The number of anilines is 1. The molecule has 2 amide bonds. The van der Waals surface area contributed by atoms with E-state index in [1.165, 1.54) is 26.4 Å². The number of hydrogen-bond donors (Lipinski definition) is 0. The summed E-state index contributed by atoms with van der Waals surface area (Å²) in [5.41, 5.74) is 1.88. The van der Waals surface area contributed by atoms with Crippen LogP contribution in [0, 0.1) is 5.82 Å². The highest BCUT2D eigenvalue weighted by Crippen LogP contribution is 2.40. The molecule has 3 aromatic carbocycles. The Balaban J connectivity index is 1.54. The van der Waals surface area contributed by atoms with Crippen molar-refractivity contribution in [2.45, 2.75) is 6.61 Å². The number of nitrogens with zero attached hydrogens (tertiary/aromatic N) is 1. The summed E-state index contributed by atoms with van der Waals surface area (Å²) in [6.45, 7) is 0.244. The average Bonchev–Trinajstić information content (AvgIpc) is 3.11. The fourth-order valence-corrected chi connectivity index (χ4v) is 4.11. The van der Waals surface area contributed by atoms with Crippen molar-refractivity contribution in [3.8, 4) is 17.2 Å². The van der Waals surface area contributed by atoms with Crippen LogP contribution in [0.25, 0.3) is 6.08 Å². The molecule has 33 heavy (non-hydrogen) atoms. The second-order valence-electron chi connectivity index (χ2n) is 7.01. The molecule has 0 N–H and O–H groups in total. The van der Waals surface area contributed by atoms with Crippen LogP contribution in [-0.4, -0.2) is 25.4 Å². The molecule has 6 nitrogen and oxygen atoms in total. The van der Waals surface area contributed by atoms with Gasteiger partial charge in [-0.3, -0.25) is 9.59 Å². The van der Waals surface area contributed by atoms with E-state index >= 15 is 0 Å². The van der Waals surface area contributed by atoms with Crippen molar-refractivity contribution in [1.82, 2.24) is 0 Å². The van der Waals surface area contributed by atoms with E-state index in [-0.39, 0.29) is 17.3 Å². The molecule has 1 aliphatic heterocycles. The Bertz CT molecular complexity index is 1230. The second kappa shape index (κ2) is 9.79. The summed E-state index contributed by atoms with van der Waals surface area (Å²) in [6.07, 6.45) is 1.63. The van der Waals surface area contributed by atoms with Crippen LogP contribution in [0.2, 0.25) is 0 Å². The van der Waals surface area contributed by atoms with Crippen LogP contribution in [0.15, 0.2) is 71.6 Å². The van der Waals surface area contributed by atoms with Gasteiger partial charge in [-0.25, -0.2) is 9.29 Å². The molecule has 0 atom stereocenters. The smallest absolute Gasteiger partial charge is 0.298 e. The summed E-state index contributed by atoms with van der Waals surface area (Å²) in [5, 5.41) is -0.401. The highest BCUT2D eigenvalue weighted by Gasteiger charge is 2.37. The van der Waals surface area contributed by atoms with Gasteiger partial charge in [-0.15, -0.1) is 0 Å². The van der Waals surface area contributed by atoms with Gasteiger partial charge in [-0.2, -0.15) is 0 Å². The summed E-state index contributed by atoms with van der Waals surface area (Å²) < 4.78 is 29.6. The molecule has 168 valence electrons. The van der Waals surface area contributed by atoms with E-state index in [1.54, 1.807) is 60.7 Å². The van der Waals surface area contributed by atoms with E-state index in [4.69, 9.17) is 14.2 Å². The molecule has 1 saturated heterocycles. The van der Waals surface area contributed by atoms with Gasteiger partial charge in [-0.1, -0.05) is 30.3 Å². The molecule has 1 fully saturated rings. The molecule has 4 rings (SSSR count). The SMILES string of the molecule is COc1cc(C=C2SC(=O)N(c3ccccc3OC)C2=O)ccc1OCc1ccc(F)cc1. The summed E-state index contributed by atoms with van der Waals surface area (Å²) in [4.78, 5) is 26.9. The highest BCUT2D eigenvalue weighted by molar-refractivity contribution is 8.19. The number of carbonyl (C=O) groups excluding carboxylic acids is 2. The van der Waals surface area contributed by atoms with Gasteiger partial charge in [0.15, 0.2) is 11.5 Å². The molecule has 0 radical (unpaired) electrons. The summed E-state index contributed by atoms with van der Waals surface area (Å²) in [6, 6.07) is 18.1. The fraction of sp³-hybridized carbons (Fsp3) is 0.120. The van der Waals surface area contributed by atoms with Crippen molar-refractivity contribution in [1.29, 1.82) is 0 Å². The Kier molecular flexibility index (Phi) is 6.65. The summed E-state index contributed by atoms with van der Waals surface area (Å²) in [5.74, 6) is 0.669.